The summed E-state index contributed by atoms with van der Waals surface area (Å²) in [5.74, 6) is -1.97. The van der Waals surface area contributed by atoms with Crippen molar-refractivity contribution in [2.24, 2.45) is 0 Å². The van der Waals surface area contributed by atoms with Crippen LogP contribution in [0.15, 0.2) is 11.6 Å². The topological polar surface area (TPSA) is 119 Å². The quantitative estimate of drug-likeness (QED) is 0.505. The Hall–Kier alpha value is -1.44. The summed E-state index contributed by atoms with van der Waals surface area (Å²) in [6.45, 7) is 3.04. The maximum atomic E-state index is 11.0. The van der Waals surface area contributed by atoms with Gasteiger partial charge in [-0.3, -0.25) is 4.79 Å². The second kappa shape index (κ2) is 5.94. The Morgan fingerprint density at radius 1 is 1.50 bits per heavy atom. The molecule has 1 rings (SSSR count). The highest BCUT2D eigenvalue weighted by Gasteiger charge is 2.40. The molecule has 0 aromatic carbocycles. The van der Waals surface area contributed by atoms with E-state index in [4.69, 9.17) is 4.74 Å². The van der Waals surface area contributed by atoms with Gasteiger partial charge in [0.15, 0.2) is 0 Å². The van der Waals surface area contributed by atoms with Crippen LogP contribution in [0, 0.1) is 0 Å². The van der Waals surface area contributed by atoms with Gasteiger partial charge in [-0.05, 0) is 13.0 Å². The first-order valence-electron chi connectivity index (χ1n) is 5.56. The second-order valence-corrected chi connectivity index (χ2v) is 3.99. The Morgan fingerprint density at radius 3 is 2.56 bits per heavy atom. The SMILES string of the molecule is CCOC1C(C(=O)[O-])=C[C@@H](O)[C@@H](NC(C)=O)[C@@H]1O. The van der Waals surface area contributed by atoms with Gasteiger partial charge in [0.25, 0.3) is 0 Å². The Labute approximate surface area is 104 Å². The number of nitrogens with one attached hydrogen (secondary N) is 1. The van der Waals surface area contributed by atoms with E-state index in [1.165, 1.54) is 6.92 Å². The molecule has 3 N–H and O–H groups in total. The Balaban J connectivity index is 3.02. The summed E-state index contributed by atoms with van der Waals surface area (Å²) in [5.41, 5.74) is -0.321. The van der Waals surface area contributed by atoms with Crippen LogP contribution in [0.4, 0.5) is 0 Å². The zero-order chi connectivity index (χ0) is 13.9. The molecule has 18 heavy (non-hydrogen) atoms. The number of carbonyl (C=O) groups excluding carboxylic acids is 2. The summed E-state index contributed by atoms with van der Waals surface area (Å²) in [6, 6.07) is -1.01. The van der Waals surface area contributed by atoms with Crippen LogP contribution in [0.25, 0.3) is 0 Å². The first kappa shape index (κ1) is 14.6. The fourth-order valence-corrected chi connectivity index (χ4v) is 1.91. The van der Waals surface area contributed by atoms with Crippen molar-refractivity contribution in [1.29, 1.82) is 0 Å². The van der Waals surface area contributed by atoms with Crippen LogP contribution in [0.3, 0.4) is 0 Å². The highest BCUT2D eigenvalue weighted by Crippen LogP contribution is 2.23. The van der Waals surface area contributed by atoms with E-state index in [9.17, 15) is 24.9 Å². The lowest BCUT2D eigenvalue weighted by atomic mass is 9.87. The fraction of sp³-hybridized carbons (Fsp3) is 0.636. The summed E-state index contributed by atoms with van der Waals surface area (Å²) < 4.78 is 5.13. The van der Waals surface area contributed by atoms with Crippen molar-refractivity contribution in [3.05, 3.63) is 11.6 Å². The van der Waals surface area contributed by atoms with Gasteiger partial charge >= 0.3 is 0 Å². The predicted molar refractivity (Wildman–Crippen MR) is 58.1 cm³/mol. The molecule has 0 spiro atoms. The molecule has 1 amide bonds. The highest BCUT2D eigenvalue weighted by atomic mass is 16.5. The number of carboxylic acid groups (broad SMARTS) is 1. The average molecular weight is 258 g/mol. The number of aliphatic hydroxyl groups excluding tert-OH is 2. The van der Waals surface area contributed by atoms with Gasteiger partial charge in [0.05, 0.1) is 18.1 Å². The molecular formula is C11H16NO6-. The van der Waals surface area contributed by atoms with Crippen LogP contribution in [0.2, 0.25) is 0 Å². The molecule has 102 valence electrons. The molecule has 0 radical (unpaired) electrons. The Morgan fingerprint density at radius 2 is 2.11 bits per heavy atom. The number of ether oxygens (including phenoxy) is 1. The van der Waals surface area contributed by atoms with E-state index in [0.29, 0.717) is 0 Å². The van der Waals surface area contributed by atoms with Crippen LogP contribution < -0.4 is 10.4 Å². The first-order chi connectivity index (χ1) is 8.38. The van der Waals surface area contributed by atoms with Crippen LogP contribution >= 0.6 is 0 Å². The van der Waals surface area contributed by atoms with Crippen LogP contribution in [0.5, 0.6) is 0 Å². The molecule has 0 fully saturated rings. The second-order valence-electron chi connectivity index (χ2n) is 3.99. The molecule has 0 saturated heterocycles. The summed E-state index contributed by atoms with van der Waals surface area (Å²) >= 11 is 0. The van der Waals surface area contributed by atoms with Gasteiger partial charge in [0.1, 0.15) is 12.2 Å². The third kappa shape index (κ3) is 3.06. The lowest BCUT2D eigenvalue weighted by Gasteiger charge is -2.38. The Bertz CT molecular complexity index is 367. The maximum Gasteiger partial charge on any atom is 0.217 e. The van der Waals surface area contributed by atoms with E-state index >= 15 is 0 Å². The van der Waals surface area contributed by atoms with E-state index in [0.717, 1.165) is 6.08 Å². The summed E-state index contributed by atoms with van der Waals surface area (Å²) in [6.07, 6.45) is -2.79. The van der Waals surface area contributed by atoms with E-state index in [1.807, 2.05) is 0 Å². The van der Waals surface area contributed by atoms with Gasteiger partial charge in [-0.2, -0.15) is 0 Å². The molecule has 1 aliphatic rings. The van der Waals surface area contributed by atoms with Crippen molar-refractivity contribution in [3.8, 4) is 0 Å². The minimum Gasteiger partial charge on any atom is -0.545 e. The highest BCUT2D eigenvalue weighted by molar-refractivity contribution is 5.86. The summed E-state index contributed by atoms with van der Waals surface area (Å²) in [5, 5.41) is 32.9. The zero-order valence-corrected chi connectivity index (χ0v) is 10.1. The standard InChI is InChI=1S/C11H17NO6/c1-3-18-10-6(11(16)17)4-7(14)8(9(10)15)12-5(2)13/h4,7-10,14-15H,3H2,1-2H3,(H,12,13)(H,16,17)/p-1/t7-,8-,9+,10?/m1/s1. The smallest absolute Gasteiger partial charge is 0.217 e. The molecule has 0 aliphatic heterocycles. The average Bonchev–Trinajstić information content (AvgIpc) is 2.27. The zero-order valence-electron chi connectivity index (χ0n) is 10.1. The van der Waals surface area contributed by atoms with Crippen molar-refractivity contribution in [2.45, 2.75) is 38.2 Å². The number of rotatable bonds is 4. The van der Waals surface area contributed by atoms with Crippen LogP contribution in [0.1, 0.15) is 13.8 Å². The third-order valence-corrected chi connectivity index (χ3v) is 2.65. The maximum absolute atomic E-state index is 11.0. The summed E-state index contributed by atoms with van der Waals surface area (Å²) in [7, 11) is 0. The Kier molecular flexibility index (Phi) is 4.83. The molecule has 7 heteroatoms. The fourth-order valence-electron chi connectivity index (χ4n) is 1.91. The lowest BCUT2D eigenvalue weighted by Crippen LogP contribution is -2.59. The van der Waals surface area contributed by atoms with Crippen molar-refractivity contribution in [1.82, 2.24) is 5.32 Å². The minimum absolute atomic E-state index is 0.176. The van der Waals surface area contributed by atoms with Gasteiger partial charge in [0.2, 0.25) is 5.91 Å². The van der Waals surface area contributed by atoms with Gasteiger partial charge < -0.3 is 30.2 Å². The van der Waals surface area contributed by atoms with E-state index in [-0.39, 0.29) is 12.2 Å². The molecule has 0 heterocycles. The van der Waals surface area contributed by atoms with Crippen molar-refractivity contribution >= 4 is 11.9 Å². The number of amides is 1. The van der Waals surface area contributed by atoms with Crippen molar-refractivity contribution in [2.75, 3.05) is 6.61 Å². The van der Waals surface area contributed by atoms with Gasteiger partial charge in [-0.25, -0.2) is 0 Å². The molecule has 0 bridgehead atoms. The monoisotopic (exact) mass is 258 g/mol. The van der Waals surface area contributed by atoms with Crippen molar-refractivity contribution < 1.29 is 29.6 Å². The molecule has 0 aromatic rings. The third-order valence-electron chi connectivity index (χ3n) is 2.65. The predicted octanol–water partition coefficient (Wildman–Crippen LogP) is -2.69. The number of hydrogen-bond acceptors (Lipinski definition) is 6. The van der Waals surface area contributed by atoms with E-state index in [2.05, 4.69) is 5.32 Å². The van der Waals surface area contributed by atoms with E-state index in [1.54, 1.807) is 6.92 Å². The summed E-state index contributed by atoms with van der Waals surface area (Å²) in [4.78, 5) is 21.9. The number of carboxylic acids is 1. The van der Waals surface area contributed by atoms with Gasteiger partial charge in [-0.15, -0.1) is 0 Å². The molecule has 4 atom stereocenters. The molecule has 1 aliphatic carbocycles. The number of aliphatic hydroxyl groups is 2. The first-order valence-corrected chi connectivity index (χ1v) is 5.56. The van der Waals surface area contributed by atoms with Gasteiger partial charge in [0, 0.05) is 19.1 Å². The van der Waals surface area contributed by atoms with Gasteiger partial charge in [-0.1, -0.05) is 0 Å². The van der Waals surface area contributed by atoms with Crippen molar-refractivity contribution in [3.63, 3.8) is 0 Å². The van der Waals surface area contributed by atoms with Crippen LogP contribution in [-0.4, -0.2) is 53.1 Å². The number of aliphatic carboxylic acids is 1. The lowest BCUT2D eigenvalue weighted by molar-refractivity contribution is -0.301. The number of carbonyl (C=O) groups is 2. The molecule has 0 saturated carbocycles. The molecule has 1 unspecified atom stereocenters. The van der Waals surface area contributed by atoms with E-state index < -0.39 is 36.2 Å². The van der Waals surface area contributed by atoms with Crippen LogP contribution in [-0.2, 0) is 14.3 Å². The number of hydrogen-bond donors (Lipinski definition) is 3. The minimum atomic E-state index is -1.52. The molecular weight excluding hydrogens is 242 g/mol. The normalized spacial score (nSPS) is 31.7. The molecule has 0 aromatic heterocycles. The largest absolute Gasteiger partial charge is 0.545 e. The molecule has 7 nitrogen and oxygen atoms in total.